The molecule has 6 heteroatoms. The summed E-state index contributed by atoms with van der Waals surface area (Å²) >= 11 is 6.79. The molecule has 1 atom stereocenters. The molecule has 3 aromatic rings. The Labute approximate surface area is 198 Å². The number of carbonyl (C=O) groups excluding carboxylic acids is 2. The number of nitrogens with zero attached hydrogens (tertiary/aromatic N) is 1. The zero-order valence-electron chi connectivity index (χ0n) is 17.2. The number of aryl methyl sites for hydroxylation is 2. The van der Waals surface area contributed by atoms with Crippen LogP contribution in [0.3, 0.4) is 0 Å². The van der Waals surface area contributed by atoms with Gasteiger partial charge in [0, 0.05) is 20.1 Å². The summed E-state index contributed by atoms with van der Waals surface area (Å²) < 4.78 is 1.59. The van der Waals surface area contributed by atoms with Crippen LogP contribution in [0, 0.1) is 13.8 Å². The number of carbonyl (C=O) groups is 2. The third-order valence-electron chi connectivity index (χ3n) is 5.71. The van der Waals surface area contributed by atoms with Gasteiger partial charge in [-0.25, -0.2) is 0 Å². The highest BCUT2D eigenvalue weighted by Gasteiger charge is 2.51. The van der Waals surface area contributed by atoms with Crippen LogP contribution in [0.4, 0.5) is 5.69 Å². The van der Waals surface area contributed by atoms with Gasteiger partial charge in [0.2, 0.25) is 0 Å². The van der Waals surface area contributed by atoms with Gasteiger partial charge in [-0.1, -0.05) is 67.8 Å². The lowest BCUT2D eigenvalue weighted by atomic mass is 9.88. The first-order valence-electron chi connectivity index (χ1n) is 9.88. The molecule has 0 saturated heterocycles. The van der Waals surface area contributed by atoms with Crippen LogP contribution in [0.5, 0.6) is 0 Å². The first-order chi connectivity index (χ1) is 14.7. The summed E-state index contributed by atoms with van der Waals surface area (Å²) in [6, 6.07) is 18.4. The summed E-state index contributed by atoms with van der Waals surface area (Å²) in [5.74, 6) is -0.769. The van der Waals surface area contributed by atoms with E-state index in [2.05, 4.69) is 31.9 Å². The number of rotatable bonds is 5. The van der Waals surface area contributed by atoms with Crippen molar-refractivity contribution in [1.29, 1.82) is 0 Å². The maximum Gasteiger partial charge on any atom is 0.264 e. The molecule has 31 heavy (non-hydrogen) atoms. The van der Waals surface area contributed by atoms with Gasteiger partial charge < -0.3 is 10.0 Å². The lowest BCUT2D eigenvalue weighted by molar-refractivity contribution is -0.136. The van der Waals surface area contributed by atoms with Crippen molar-refractivity contribution in [1.82, 2.24) is 0 Å². The van der Waals surface area contributed by atoms with E-state index in [0.717, 1.165) is 25.6 Å². The molecule has 0 saturated carbocycles. The average molecular weight is 543 g/mol. The second-order valence-electron chi connectivity index (χ2n) is 7.95. The molecule has 1 unspecified atom stereocenters. The lowest BCUT2D eigenvalue weighted by Gasteiger charge is -2.23. The number of amides is 1. The molecule has 0 spiro atoms. The van der Waals surface area contributed by atoms with E-state index in [-0.39, 0.29) is 12.2 Å². The number of anilines is 1. The smallest absolute Gasteiger partial charge is 0.264 e. The molecule has 0 radical (unpaired) electrons. The fraction of sp³-hybridized carbons (Fsp3) is 0.200. The van der Waals surface area contributed by atoms with Gasteiger partial charge in [0.05, 0.1) is 18.7 Å². The molecular weight excluding hydrogens is 522 g/mol. The summed E-state index contributed by atoms with van der Waals surface area (Å²) in [6.07, 6.45) is -0.319. The second kappa shape index (κ2) is 8.34. The summed E-state index contributed by atoms with van der Waals surface area (Å²) in [4.78, 5) is 28.1. The Balaban J connectivity index is 1.72. The van der Waals surface area contributed by atoms with Crippen LogP contribution in [0.2, 0.25) is 0 Å². The topological polar surface area (TPSA) is 57.6 Å². The fourth-order valence-electron chi connectivity index (χ4n) is 3.96. The molecule has 1 N–H and O–H groups in total. The first-order valence-corrected chi connectivity index (χ1v) is 11.5. The fourth-order valence-corrected chi connectivity index (χ4v) is 4.59. The summed E-state index contributed by atoms with van der Waals surface area (Å²) in [5, 5.41) is 11.6. The van der Waals surface area contributed by atoms with Crippen LogP contribution >= 0.6 is 31.9 Å². The minimum absolute atomic E-state index is 0.289. The molecule has 0 aliphatic carbocycles. The van der Waals surface area contributed by atoms with E-state index in [1.54, 1.807) is 35.2 Å². The third-order valence-corrected chi connectivity index (χ3v) is 6.73. The Morgan fingerprint density at radius 3 is 2.35 bits per heavy atom. The number of Topliss-reactive ketones (excluding diaryl/α,β-unsaturated/α-hetero) is 1. The van der Waals surface area contributed by atoms with Crippen molar-refractivity contribution in [3.63, 3.8) is 0 Å². The van der Waals surface area contributed by atoms with Gasteiger partial charge in [0.15, 0.2) is 11.4 Å². The van der Waals surface area contributed by atoms with E-state index in [9.17, 15) is 14.7 Å². The first kappa shape index (κ1) is 21.9. The maximum atomic E-state index is 13.5. The summed E-state index contributed by atoms with van der Waals surface area (Å²) in [5.41, 5.74) is 2.78. The Morgan fingerprint density at radius 2 is 1.65 bits per heavy atom. The van der Waals surface area contributed by atoms with Crippen LogP contribution in [0.15, 0.2) is 69.6 Å². The van der Waals surface area contributed by atoms with E-state index >= 15 is 0 Å². The molecule has 4 nitrogen and oxygen atoms in total. The molecule has 0 bridgehead atoms. The van der Waals surface area contributed by atoms with Crippen molar-refractivity contribution in [3.05, 3.63) is 97.4 Å². The Kier molecular flexibility index (Phi) is 5.90. The molecule has 4 rings (SSSR count). The van der Waals surface area contributed by atoms with Crippen molar-refractivity contribution < 1.29 is 14.7 Å². The molecule has 0 aromatic heterocycles. The molecule has 0 fully saturated rings. The number of hydrogen-bond donors (Lipinski definition) is 1. The lowest BCUT2D eigenvalue weighted by Crippen LogP contribution is -2.41. The third kappa shape index (κ3) is 4.12. The number of benzene rings is 3. The number of halogens is 2. The number of fused-ring (bicyclic) bond motifs is 1. The van der Waals surface area contributed by atoms with E-state index in [1.165, 1.54) is 0 Å². The van der Waals surface area contributed by atoms with Gasteiger partial charge in [-0.2, -0.15) is 0 Å². The van der Waals surface area contributed by atoms with Gasteiger partial charge in [0.25, 0.3) is 5.91 Å². The SMILES string of the molecule is Cc1ccc(C)c(CN2C(=O)C(O)(CC(=O)c3ccc(Br)cc3)c3cc(Br)ccc32)c1. The highest BCUT2D eigenvalue weighted by molar-refractivity contribution is 9.10. The van der Waals surface area contributed by atoms with Gasteiger partial charge in [-0.3, -0.25) is 9.59 Å². The molecule has 1 heterocycles. The summed E-state index contributed by atoms with van der Waals surface area (Å²) in [6.45, 7) is 4.34. The molecular formula is C25H21Br2NO3. The minimum Gasteiger partial charge on any atom is -0.375 e. The highest BCUT2D eigenvalue weighted by atomic mass is 79.9. The predicted molar refractivity (Wildman–Crippen MR) is 128 cm³/mol. The Hall–Kier alpha value is -2.28. The highest BCUT2D eigenvalue weighted by Crippen LogP contribution is 2.45. The number of ketones is 1. The molecule has 1 aliphatic heterocycles. The summed E-state index contributed by atoms with van der Waals surface area (Å²) in [7, 11) is 0. The number of hydrogen-bond acceptors (Lipinski definition) is 3. The van der Waals surface area contributed by atoms with Crippen molar-refractivity contribution in [2.45, 2.75) is 32.4 Å². The Morgan fingerprint density at radius 1 is 0.968 bits per heavy atom. The van der Waals surface area contributed by atoms with Crippen molar-refractivity contribution >= 4 is 49.2 Å². The Bertz CT molecular complexity index is 1190. The molecule has 1 amide bonds. The average Bonchev–Trinajstić information content (AvgIpc) is 2.92. The zero-order valence-corrected chi connectivity index (χ0v) is 20.3. The molecule has 158 valence electrons. The molecule has 3 aromatic carbocycles. The predicted octanol–water partition coefficient (Wildman–Crippen LogP) is 5.84. The molecule has 1 aliphatic rings. The normalized spacial score (nSPS) is 17.7. The standard InChI is InChI=1S/C25H21Br2NO3/c1-15-3-4-16(2)18(11-15)14-28-22-10-9-20(27)12-21(22)25(31,24(28)30)13-23(29)17-5-7-19(26)8-6-17/h3-12,31H,13-14H2,1-2H3. The van der Waals surface area contributed by atoms with Crippen molar-refractivity contribution in [3.8, 4) is 0 Å². The van der Waals surface area contributed by atoms with Gasteiger partial charge >= 0.3 is 0 Å². The van der Waals surface area contributed by atoms with E-state index in [0.29, 0.717) is 23.4 Å². The van der Waals surface area contributed by atoms with Gasteiger partial charge in [-0.05, 0) is 55.3 Å². The van der Waals surface area contributed by atoms with E-state index in [4.69, 9.17) is 0 Å². The quantitative estimate of drug-likeness (QED) is 0.412. The van der Waals surface area contributed by atoms with Crippen LogP contribution in [-0.4, -0.2) is 16.8 Å². The minimum atomic E-state index is -1.92. The van der Waals surface area contributed by atoms with Crippen LogP contribution in [0.25, 0.3) is 0 Å². The maximum absolute atomic E-state index is 13.5. The van der Waals surface area contributed by atoms with E-state index in [1.807, 2.05) is 44.2 Å². The largest absolute Gasteiger partial charge is 0.375 e. The van der Waals surface area contributed by atoms with Gasteiger partial charge in [0.1, 0.15) is 0 Å². The van der Waals surface area contributed by atoms with Crippen LogP contribution < -0.4 is 4.90 Å². The zero-order chi connectivity index (χ0) is 22.3. The number of aliphatic hydroxyl groups is 1. The van der Waals surface area contributed by atoms with Crippen molar-refractivity contribution in [2.75, 3.05) is 4.90 Å². The van der Waals surface area contributed by atoms with Crippen LogP contribution in [-0.2, 0) is 16.9 Å². The van der Waals surface area contributed by atoms with E-state index < -0.39 is 11.5 Å². The second-order valence-corrected chi connectivity index (χ2v) is 9.78. The van der Waals surface area contributed by atoms with Crippen LogP contribution in [0.1, 0.15) is 39.0 Å². The van der Waals surface area contributed by atoms with Gasteiger partial charge in [-0.15, -0.1) is 0 Å². The monoisotopic (exact) mass is 541 g/mol. The van der Waals surface area contributed by atoms with Crippen molar-refractivity contribution in [2.24, 2.45) is 0 Å².